The second kappa shape index (κ2) is 4.13. The van der Waals surface area contributed by atoms with Crippen molar-refractivity contribution in [1.82, 2.24) is 4.98 Å². The molecule has 1 aliphatic rings. The van der Waals surface area contributed by atoms with Crippen molar-refractivity contribution < 1.29 is 4.74 Å². The number of thiazole rings is 1. The quantitative estimate of drug-likeness (QED) is 0.884. The molecule has 1 aromatic heterocycles. The van der Waals surface area contributed by atoms with Gasteiger partial charge in [-0.25, -0.2) is 4.98 Å². The van der Waals surface area contributed by atoms with Gasteiger partial charge in [-0.05, 0) is 6.07 Å². The summed E-state index contributed by atoms with van der Waals surface area (Å²) in [6.45, 7) is 0.679. The molecule has 1 aliphatic heterocycles. The van der Waals surface area contributed by atoms with E-state index in [9.17, 15) is 0 Å². The third kappa shape index (κ3) is 1.94. The predicted octanol–water partition coefficient (Wildman–Crippen LogP) is 2.32. The molecule has 2 aromatic rings. The van der Waals surface area contributed by atoms with Crippen LogP contribution < -0.4 is 10.5 Å². The summed E-state index contributed by atoms with van der Waals surface area (Å²) in [7, 11) is 0. The smallest absolute Gasteiger partial charge is 0.124 e. The minimum Gasteiger partial charge on any atom is -0.493 e. The highest BCUT2D eigenvalue weighted by Gasteiger charge is 2.34. The van der Waals surface area contributed by atoms with E-state index in [2.05, 4.69) is 11.1 Å². The van der Waals surface area contributed by atoms with Crippen molar-refractivity contribution in [2.45, 2.75) is 18.4 Å². The Morgan fingerprint density at radius 1 is 1.41 bits per heavy atom. The van der Waals surface area contributed by atoms with Gasteiger partial charge in [0.1, 0.15) is 5.75 Å². The number of hydrogen-bond donors (Lipinski definition) is 1. The standard InChI is InChI=1S/C13H14N2OS/c14-13(9-12-15-6-8-17-12)5-7-16-11-4-2-1-3-10(11)13/h1-4,6,8H,5,7,9,14H2. The van der Waals surface area contributed by atoms with E-state index in [1.807, 2.05) is 29.8 Å². The van der Waals surface area contributed by atoms with E-state index in [4.69, 9.17) is 10.5 Å². The Bertz CT molecular complexity index is 512. The minimum atomic E-state index is -0.341. The Balaban J connectivity index is 1.98. The number of ether oxygens (including phenoxy) is 1. The molecule has 2 N–H and O–H groups in total. The molecule has 3 rings (SSSR count). The van der Waals surface area contributed by atoms with E-state index < -0.39 is 0 Å². The van der Waals surface area contributed by atoms with Gasteiger partial charge in [0.15, 0.2) is 0 Å². The van der Waals surface area contributed by atoms with Crippen LogP contribution in [-0.4, -0.2) is 11.6 Å². The van der Waals surface area contributed by atoms with E-state index >= 15 is 0 Å². The minimum absolute atomic E-state index is 0.341. The maximum absolute atomic E-state index is 6.55. The molecule has 0 bridgehead atoms. The van der Waals surface area contributed by atoms with Crippen molar-refractivity contribution in [2.75, 3.05) is 6.61 Å². The van der Waals surface area contributed by atoms with Crippen molar-refractivity contribution in [3.05, 3.63) is 46.4 Å². The van der Waals surface area contributed by atoms with Gasteiger partial charge in [-0.15, -0.1) is 11.3 Å². The lowest BCUT2D eigenvalue weighted by Crippen LogP contribution is -2.43. The van der Waals surface area contributed by atoms with Crippen molar-refractivity contribution in [2.24, 2.45) is 5.73 Å². The molecule has 0 spiro atoms. The van der Waals surface area contributed by atoms with Crippen LogP contribution >= 0.6 is 11.3 Å². The maximum atomic E-state index is 6.55. The highest BCUT2D eigenvalue weighted by Crippen LogP contribution is 2.37. The Labute approximate surface area is 104 Å². The van der Waals surface area contributed by atoms with Gasteiger partial charge in [0.25, 0.3) is 0 Å². The van der Waals surface area contributed by atoms with Crippen molar-refractivity contribution >= 4 is 11.3 Å². The molecule has 3 nitrogen and oxygen atoms in total. The van der Waals surface area contributed by atoms with E-state index in [1.54, 1.807) is 11.3 Å². The van der Waals surface area contributed by atoms with E-state index in [-0.39, 0.29) is 5.54 Å². The highest BCUT2D eigenvalue weighted by atomic mass is 32.1. The van der Waals surface area contributed by atoms with E-state index in [0.717, 1.165) is 29.2 Å². The summed E-state index contributed by atoms with van der Waals surface area (Å²) in [5.41, 5.74) is 7.31. The van der Waals surface area contributed by atoms with Crippen LogP contribution in [0.2, 0.25) is 0 Å². The SMILES string of the molecule is NC1(Cc2nccs2)CCOc2ccccc21. The Kier molecular flexibility index (Phi) is 2.61. The summed E-state index contributed by atoms with van der Waals surface area (Å²) >= 11 is 1.66. The number of benzene rings is 1. The Hall–Kier alpha value is -1.39. The second-order valence-electron chi connectivity index (χ2n) is 4.35. The summed E-state index contributed by atoms with van der Waals surface area (Å²) in [6, 6.07) is 8.03. The first kappa shape index (κ1) is 10.7. The molecule has 88 valence electrons. The zero-order valence-corrected chi connectivity index (χ0v) is 10.2. The summed E-state index contributed by atoms with van der Waals surface area (Å²) in [5, 5.41) is 3.08. The average molecular weight is 246 g/mol. The number of hydrogen-bond acceptors (Lipinski definition) is 4. The lowest BCUT2D eigenvalue weighted by molar-refractivity contribution is 0.215. The topological polar surface area (TPSA) is 48.1 Å². The van der Waals surface area contributed by atoms with Crippen LogP contribution in [0.5, 0.6) is 5.75 Å². The summed E-state index contributed by atoms with van der Waals surface area (Å²) in [6.07, 6.45) is 3.45. The van der Waals surface area contributed by atoms with Crippen LogP contribution in [0, 0.1) is 0 Å². The highest BCUT2D eigenvalue weighted by molar-refractivity contribution is 7.09. The summed E-state index contributed by atoms with van der Waals surface area (Å²) in [5.74, 6) is 0.915. The van der Waals surface area contributed by atoms with Crippen LogP contribution in [0.15, 0.2) is 35.8 Å². The monoisotopic (exact) mass is 246 g/mol. The summed E-state index contributed by atoms with van der Waals surface area (Å²) in [4.78, 5) is 4.33. The van der Waals surface area contributed by atoms with Crippen molar-refractivity contribution in [1.29, 1.82) is 0 Å². The molecule has 2 heterocycles. The van der Waals surface area contributed by atoms with Gasteiger partial charge in [-0.3, -0.25) is 0 Å². The zero-order valence-electron chi connectivity index (χ0n) is 9.43. The first-order chi connectivity index (χ1) is 8.28. The Morgan fingerprint density at radius 3 is 3.12 bits per heavy atom. The Morgan fingerprint density at radius 2 is 2.29 bits per heavy atom. The third-order valence-electron chi connectivity index (χ3n) is 3.18. The molecular formula is C13H14N2OS. The molecule has 0 radical (unpaired) electrons. The number of para-hydroxylation sites is 1. The fraction of sp³-hybridized carbons (Fsp3) is 0.308. The molecule has 0 saturated heterocycles. The van der Waals surface area contributed by atoms with E-state index in [0.29, 0.717) is 6.61 Å². The molecule has 1 atom stereocenters. The fourth-order valence-corrected chi connectivity index (χ4v) is 3.02. The zero-order chi connectivity index (χ0) is 11.7. The van der Waals surface area contributed by atoms with E-state index in [1.165, 1.54) is 0 Å². The molecule has 0 fully saturated rings. The number of rotatable bonds is 2. The molecule has 0 amide bonds. The molecule has 4 heteroatoms. The molecule has 0 saturated carbocycles. The van der Waals surface area contributed by atoms with Gasteiger partial charge in [0.2, 0.25) is 0 Å². The summed E-state index contributed by atoms with van der Waals surface area (Å²) < 4.78 is 5.64. The van der Waals surface area contributed by atoms with Crippen LogP contribution in [0.25, 0.3) is 0 Å². The number of nitrogens with zero attached hydrogens (tertiary/aromatic N) is 1. The molecule has 1 aromatic carbocycles. The number of nitrogens with two attached hydrogens (primary N) is 1. The van der Waals surface area contributed by atoms with Crippen LogP contribution in [-0.2, 0) is 12.0 Å². The van der Waals surface area contributed by atoms with Crippen molar-refractivity contribution in [3.63, 3.8) is 0 Å². The number of fused-ring (bicyclic) bond motifs is 1. The third-order valence-corrected chi connectivity index (χ3v) is 3.96. The largest absolute Gasteiger partial charge is 0.493 e. The lowest BCUT2D eigenvalue weighted by Gasteiger charge is -2.35. The van der Waals surface area contributed by atoms with Gasteiger partial charge < -0.3 is 10.5 Å². The van der Waals surface area contributed by atoms with Gasteiger partial charge in [-0.1, -0.05) is 18.2 Å². The molecule has 0 aliphatic carbocycles. The van der Waals surface area contributed by atoms with Crippen molar-refractivity contribution in [3.8, 4) is 5.75 Å². The molecule has 17 heavy (non-hydrogen) atoms. The molecule has 1 unspecified atom stereocenters. The average Bonchev–Trinajstić information content (AvgIpc) is 2.82. The van der Waals surface area contributed by atoms with Gasteiger partial charge >= 0.3 is 0 Å². The van der Waals surface area contributed by atoms with Gasteiger partial charge in [0, 0.05) is 30.0 Å². The first-order valence-electron chi connectivity index (χ1n) is 5.67. The maximum Gasteiger partial charge on any atom is 0.124 e. The van der Waals surface area contributed by atoms with Crippen LogP contribution in [0.1, 0.15) is 17.0 Å². The fourth-order valence-electron chi connectivity index (χ4n) is 2.28. The van der Waals surface area contributed by atoms with Crippen LogP contribution in [0.4, 0.5) is 0 Å². The van der Waals surface area contributed by atoms with Crippen LogP contribution in [0.3, 0.4) is 0 Å². The molecular weight excluding hydrogens is 232 g/mol. The normalized spacial score (nSPS) is 22.9. The first-order valence-corrected chi connectivity index (χ1v) is 6.55. The number of aromatic nitrogens is 1. The predicted molar refractivity (Wildman–Crippen MR) is 68.2 cm³/mol. The van der Waals surface area contributed by atoms with Gasteiger partial charge in [-0.2, -0.15) is 0 Å². The van der Waals surface area contributed by atoms with Gasteiger partial charge in [0.05, 0.1) is 17.2 Å². The lowest BCUT2D eigenvalue weighted by atomic mass is 9.83. The second-order valence-corrected chi connectivity index (χ2v) is 5.33.